The van der Waals surface area contributed by atoms with E-state index in [1.165, 1.54) is 0 Å². The predicted octanol–water partition coefficient (Wildman–Crippen LogP) is 1.42. The molecule has 1 heterocycles. The van der Waals surface area contributed by atoms with Crippen LogP contribution in [0.3, 0.4) is 0 Å². The Morgan fingerprint density at radius 1 is 1.18 bits per heavy atom. The van der Waals surface area contributed by atoms with E-state index < -0.39 is 5.97 Å². The zero-order chi connectivity index (χ0) is 12.0. The summed E-state index contributed by atoms with van der Waals surface area (Å²) in [7, 11) is 0. The van der Waals surface area contributed by atoms with Crippen LogP contribution in [0.1, 0.15) is 12.8 Å². The molecule has 0 unspecified atom stereocenters. The van der Waals surface area contributed by atoms with Gasteiger partial charge in [0.1, 0.15) is 0 Å². The number of fused-ring (bicyclic) bond motifs is 1. The Morgan fingerprint density at radius 2 is 1.71 bits per heavy atom. The highest BCUT2D eigenvalue weighted by atomic mass is 16.7. The molecule has 0 atom stereocenters. The Balaban J connectivity index is 2.06. The second kappa shape index (κ2) is 3.41. The zero-order valence-corrected chi connectivity index (χ0v) is 8.96. The molecule has 0 aliphatic heterocycles. The maximum absolute atomic E-state index is 11.5. The first-order valence-corrected chi connectivity index (χ1v) is 5.42. The molecule has 1 aliphatic carbocycles. The Bertz CT molecular complexity index is 559. The molecule has 2 aromatic rings. The monoisotopic (exact) mass is 233 g/mol. The van der Waals surface area contributed by atoms with Gasteiger partial charge in [0.05, 0.1) is 16.7 Å². The van der Waals surface area contributed by atoms with Gasteiger partial charge in [-0.3, -0.25) is 0 Å². The van der Waals surface area contributed by atoms with E-state index in [0.29, 0.717) is 10.8 Å². The molecule has 0 radical (unpaired) electrons. The number of benzene rings is 1. The molecule has 5 nitrogen and oxygen atoms in total. The molecule has 0 saturated heterocycles. The first kappa shape index (κ1) is 10.0. The molecule has 88 valence electrons. The highest BCUT2D eigenvalue weighted by molar-refractivity contribution is 5.93. The van der Waals surface area contributed by atoms with Crippen molar-refractivity contribution in [3.8, 4) is 11.8 Å². The number of hydrogen-bond acceptors (Lipinski definition) is 4. The number of aromatic nitrogens is 1. The largest absolute Gasteiger partial charge is 0.492 e. The van der Waals surface area contributed by atoms with E-state index in [9.17, 15) is 15.0 Å². The van der Waals surface area contributed by atoms with Crippen molar-refractivity contribution in [2.75, 3.05) is 0 Å². The molecule has 5 heteroatoms. The molecule has 1 saturated carbocycles. The fourth-order valence-electron chi connectivity index (χ4n) is 1.76. The van der Waals surface area contributed by atoms with Gasteiger partial charge in [0.25, 0.3) is 0 Å². The van der Waals surface area contributed by atoms with Crippen LogP contribution in [0, 0.1) is 5.92 Å². The van der Waals surface area contributed by atoms with Crippen LogP contribution in [0.2, 0.25) is 0 Å². The molecule has 2 N–H and O–H groups in total. The van der Waals surface area contributed by atoms with E-state index in [1.807, 2.05) is 0 Å². The Morgan fingerprint density at radius 3 is 2.18 bits per heavy atom. The van der Waals surface area contributed by atoms with E-state index >= 15 is 0 Å². The lowest BCUT2D eigenvalue weighted by Gasteiger charge is -2.05. The molecule has 3 rings (SSSR count). The van der Waals surface area contributed by atoms with Gasteiger partial charge in [0.15, 0.2) is 0 Å². The van der Waals surface area contributed by atoms with Crippen LogP contribution in [0.5, 0.6) is 11.8 Å². The Kier molecular flexibility index (Phi) is 2.01. The van der Waals surface area contributed by atoms with Crippen LogP contribution in [0.4, 0.5) is 0 Å². The Labute approximate surface area is 96.8 Å². The third-order valence-corrected chi connectivity index (χ3v) is 2.89. The number of hydrogen-bond donors (Lipinski definition) is 2. The second-order valence-corrected chi connectivity index (χ2v) is 4.17. The number of nitrogens with zero attached hydrogens (tertiary/aromatic N) is 1. The van der Waals surface area contributed by atoms with Gasteiger partial charge >= 0.3 is 5.97 Å². The number of rotatable bonds is 2. The van der Waals surface area contributed by atoms with Crippen LogP contribution in [0.25, 0.3) is 10.8 Å². The van der Waals surface area contributed by atoms with Crippen LogP contribution in [-0.4, -0.2) is 20.9 Å². The first-order valence-electron chi connectivity index (χ1n) is 5.42. The fourth-order valence-corrected chi connectivity index (χ4v) is 1.76. The summed E-state index contributed by atoms with van der Waals surface area (Å²) < 4.78 is 0.783. The number of carbonyl (C=O) groups excluding carboxylic acids is 1. The van der Waals surface area contributed by atoms with Gasteiger partial charge in [0.2, 0.25) is 11.8 Å². The minimum Gasteiger partial charge on any atom is -0.492 e. The molecule has 0 spiro atoms. The van der Waals surface area contributed by atoms with Gasteiger partial charge in [-0.25, -0.2) is 4.79 Å². The number of aromatic hydroxyl groups is 2. The van der Waals surface area contributed by atoms with Crippen LogP contribution < -0.4 is 4.84 Å². The standard InChI is InChI=1S/C12H11NO4/c14-10-8-3-1-2-4-9(8)11(15)13(10)17-12(16)7-5-6-7/h1-4,7,14-15H,5-6H2. The molecule has 1 fully saturated rings. The molecular weight excluding hydrogens is 222 g/mol. The third kappa shape index (κ3) is 1.51. The molecule has 1 aliphatic rings. The summed E-state index contributed by atoms with van der Waals surface area (Å²) in [6, 6.07) is 6.75. The normalized spacial score (nSPS) is 15.1. The van der Waals surface area contributed by atoms with Gasteiger partial charge in [-0.1, -0.05) is 12.1 Å². The summed E-state index contributed by atoms with van der Waals surface area (Å²) in [6.07, 6.45) is 1.61. The summed E-state index contributed by atoms with van der Waals surface area (Å²) in [5.41, 5.74) is 0. The molecule has 0 bridgehead atoms. The van der Waals surface area contributed by atoms with Gasteiger partial charge in [0, 0.05) is 0 Å². The highest BCUT2D eigenvalue weighted by Crippen LogP contribution is 2.36. The zero-order valence-electron chi connectivity index (χ0n) is 8.96. The highest BCUT2D eigenvalue weighted by Gasteiger charge is 2.33. The maximum Gasteiger partial charge on any atom is 0.336 e. The minimum absolute atomic E-state index is 0.0979. The average molecular weight is 233 g/mol. The van der Waals surface area contributed by atoms with Crippen LogP contribution >= 0.6 is 0 Å². The summed E-state index contributed by atoms with van der Waals surface area (Å²) in [5, 5.41) is 20.6. The van der Waals surface area contributed by atoms with Crippen molar-refractivity contribution in [1.29, 1.82) is 0 Å². The predicted molar refractivity (Wildman–Crippen MR) is 59.6 cm³/mol. The van der Waals surface area contributed by atoms with Gasteiger partial charge < -0.3 is 15.1 Å². The van der Waals surface area contributed by atoms with Crippen molar-refractivity contribution in [1.82, 2.24) is 4.73 Å². The van der Waals surface area contributed by atoms with Gasteiger partial charge in [-0.2, -0.15) is 0 Å². The van der Waals surface area contributed by atoms with Gasteiger partial charge in [-0.05, 0) is 25.0 Å². The molecule has 0 amide bonds. The third-order valence-electron chi connectivity index (χ3n) is 2.89. The summed E-state index contributed by atoms with van der Waals surface area (Å²) in [4.78, 5) is 16.5. The lowest BCUT2D eigenvalue weighted by molar-refractivity contribution is -0.146. The van der Waals surface area contributed by atoms with E-state index in [0.717, 1.165) is 17.6 Å². The topological polar surface area (TPSA) is 71.7 Å². The lowest BCUT2D eigenvalue weighted by Crippen LogP contribution is -2.20. The summed E-state index contributed by atoms with van der Waals surface area (Å²) >= 11 is 0. The van der Waals surface area contributed by atoms with Crippen LogP contribution in [-0.2, 0) is 4.79 Å². The number of carbonyl (C=O) groups is 1. The van der Waals surface area contributed by atoms with E-state index in [-0.39, 0.29) is 17.7 Å². The lowest BCUT2D eigenvalue weighted by atomic mass is 10.2. The second-order valence-electron chi connectivity index (χ2n) is 4.17. The van der Waals surface area contributed by atoms with Crippen molar-refractivity contribution in [2.45, 2.75) is 12.8 Å². The molecule has 17 heavy (non-hydrogen) atoms. The van der Waals surface area contributed by atoms with Crippen LogP contribution in [0.15, 0.2) is 24.3 Å². The fraction of sp³-hybridized carbons (Fsp3) is 0.250. The van der Waals surface area contributed by atoms with E-state index in [1.54, 1.807) is 24.3 Å². The van der Waals surface area contributed by atoms with Gasteiger partial charge in [-0.15, -0.1) is 4.73 Å². The molecule has 1 aromatic heterocycles. The van der Waals surface area contributed by atoms with E-state index in [4.69, 9.17) is 4.84 Å². The first-order chi connectivity index (χ1) is 8.18. The summed E-state index contributed by atoms with van der Waals surface area (Å²) in [6.45, 7) is 0. The smallest absolute Gasteiger partial charge is 0.336 e. The van der Waals surface area contributed by atoms with Crippen molar-refractivity contribution in [3.63, 3.8) is 0 Å². The van der Waals surface area contributed by atoms with E-state index in [2.05, 4.69) is 0 Å². The SMILES string of the molecule is O=C(On1c(O)c2ccccc2c1O)C1CC1. The average Bonchev–Trinajstić information content (AvgIpc) is 3.15. The van der Waals surface area contributed by atoms with Crippen molar-refractivity contribution in [2.24, 2.45) is 5.92 Å². The molecular formula is C12H11NO4. The Hall–Kier alpha value is -2.17. The quantitative estimate of drug-likeness (QED) is 0.822. The van der Waals surface area contributed by atoms with Crippen molar-refractivity contribution >= 4 is 16.7 Å². The maximum atomic E-state index is 11.5. The minimum atomic E-state index is -0.420. The van der Waals surface area contributed by atoms with Crippen molar-refractivity contribution < 1.29 is 19.8 Å². The molecule has 1 aromatic carbocycles. The summed E-state index contributed by atoms with van der Waals surface area (Å²) in [5.74, 6) is -1.03. The van der Waals surface area contributed by atoms with Crippen molar-refractivity contribution in [3.05, 3.63) is 24.3 Å².